The fourth-order valence-electron chi connectivity index (χ4n) is 2.58. The standard InChI is InChI=1S/C21H25F3N2O4/c1-14(2)8-9-30-17-6-4-15(10-18(17)29-3)11-25-19(27)13-26-12-16(21(22,23)24)5-7-20(26)28/h4-7,10,12,14H,8-9,11,13H2,1-3H3,(H,25,27). The van der Waals surface area contributed by atoms with Crippen LogP contribution in [-0.2, 0) is 24.1 Å². The number of nitrogens with zero attached hydrogens (tertiary/aromatic N) is 1. The molecule has 2 aromatic rings. The van der Waals surface area contributed by atoms with Gasteiger partial charge >= 0.3 is 6.18 Å². The van der Waals surface area contributed by atoms with Crippen molar-refractivity contribution in [3.05, 3.63) is 58.0 Å². The second-order valence-corrected chi connectivity index (χ2v) is 7.17. The van der Waals surface area contributed by atoms with Crippen molar-refractivity contribution in [2.75, 3.05) is 13.7 Å². The van der Waals surface area contributed by atoms with Crippen molar-refractivity contribution in [3.63, 3.8) is 0 Å². The maximum atomic E-state index is 12.8. The highest BCUT2D eigenvalue weighted by atomic mass is 19.4. The summed E-state index contributed by atoms with van der Waals surface area (Å²) in [6, 6.07) is 6.68. The van der Waals surface area contributed by atoms with E-state index in [-0.39, 0.29) is 6.54 Å². The number of carbonyl (C=O) groups is 1. The van der Waals surface area contributed by atoms with E-state index in [4.69, 9.17) is 9.47 Å². The highest BCUT2D eigenvalue weighted by Crippen LogP contribution is 2.29. The minimum absolute atomic E-state index is 0.120. The number of methoxy groups -OCH3 is 1. The summed E-state index contributed by atoms with van der Waals surface area (Å²) < 4.78 is 50.1. The van der Waals surface area contributed by atoms with Crippen LogP contribution in [0.15, 0.2) is 41.3 Å². The first-order valence-electron chi connectivity index (χ1n) is 9.44. The van der Waals surface area contributed by atoms with Crippen molar-refractivity contribution in [1.29, 1.82) is 0 Å². The molecule has 0 atom stereocenters. The van der Waals surface area contributed by atoms with Crippen LogP contribution >= 0.6 is 0 Å². The molecule has 0 saturated carbocycles. The number of ether oxygens (including phenoxy) is 2. The predicted molar refractivity (Wildman–Crippen MR) is 105 cm³/mol. The summed E-state index contributed by atoms with van der Waals surface area (Å²) >= 11 is 0. The molecule has 0 aliphatic carbocycles. The topological polar surface area (TPSA) is 69.6 Å². The number of hydrogen-bond acceptors (Lipinski definition) is 4. The molecule has 1 heterocycles. The van der Waals surface area contributed by atoms with Gasteiger partial charge in [0.15, 0.2) is 11.5 Å². The van der Waals surface area contributed by atoms with Gasteiger partial charge in [-0.1, -0.05) is 19.9 Å². The molecule has 1 amide bonds. The highest BCUT2D eigenvalue weighted by molar-refractivity contribution is 5.75. The molecule has 0 aliphatic heterocycles. The zero-order valence-corrected chi connectivity index (χ0v) is 17.1. The van der Waals surface area contributed by atoms with Crippen LogP contribution in [0.2, 0.25) is 0 Å². The van der Waals surface area contributed by atoms with E-state index in [0.29, 0.717) is 41.9 Å². The fourth-order valence-corrected chi connectivity index (χ4v) is 2.58. The van der Waals surface area contributed by atoms with E-state index >= 15 is 0 Å². The number of alkyl halides is 3. The molecular weight excluding hydrogens is 401 g/mol. The Labute approximate surface area is 172 Å². The minimum Gasteiger partial charge on any atom is -0.493 e. The molecule has 30 heavy (non-hydrogen) atoms. The zero-order valence-electron chi connectivity index (χ0n) is 17.1. The molecule has 1 N–H and O–H groups in total. The van der Waals surface area contributed by atoms with Gasteiger partial charge in [-0.15, -0.1) is 0 Å². The summed E-state index contributed by atoms with van der Waals surface area (Å²) in [6.45, 7) is 4.35. The first-order valence-corrected chi connectivity index (χ1v) is 9.44. The van der Waals surface area contributed by atoms with Gasteiger partial charge < -0.3 is 19.4 Å². The van der Waals surface area contributed by atoms with Gasteiger partial charge in [0.1, 0.15) is 6.54 Å². The van der Waals surface area contributed by atoms with E-state index in [1.54, 1.807) is 18.2 Å². The maximum absolute atomic E-state index is 12.8. The molecule has 1 aromatic heterocycles. The van der Waals surface area contributed by atoms with Crippen LogP contribution in [0.3, 0.4) is 0 Å². The molecule has 0 fully saturated rings. The number of carbonyl (C=O) groups excluding carboxylic acids is 1. The Morgan fingerprint density at radius 2 is 1.90 bits per heavy atom. The molecule has 0 saturated heterocycles. The van der Waals surface area contributed by atoms with E-state index in [2.05, 4.69) is 19.2 Å². The third-order valence-corrected chi connectivity index (χ3v) is 4.30. The SMILES string of the molecule is COc1cc(CNC(=O)Cn2cc(C(F)(F)F)ccc2=O)ccc1OCCC(C)C. The molecule has 0 spiro atoms. The minimum atomic E-state index is -4.60. The molecule has 0 radical (unpaired) electrons. The lowest BCUT2D eigenvalue weighted by Gasteiger charge is -2.14. The van der Waals surface area contributed by atoms with Crippen molar-refractivity contribution >= 4 is 5.91 Å². The maximum Gasteiger partial charge on any atom is 0.417 e. The van der Waals surface area contributed by atoms with Gasteiger partial charge in [-0.05, 0) is 36.1 Å². The molecule has 6 nitrogen and oxygen atoms in total. The predicted octanol–water partition coefficient (Wildman–Crippen LogP) is 3.62. The summed E-state index contributed by atoms with van der Waals surface area (Å²) in [4.78, 5) is 23.9. The third-order valence-electron chi connectivity index (χ3n) is 4.30. The van der Waals surface area contributed by atoms with Crippen LogP contribution in [0.4, 0.5) is 13.2 Å². The molecule has 1 aromatic carbocycles. The van der Waals surface area contributed by atoms with Crippen LogP contribution in [0.5, 0.6) is 11.5 Å². The smallest absolute Gasteiger partial charge is 0.417 e. The number of hydrogen-bond donors (Lipinski definition) is 1. The first kappa shape index (κ1) is 23.3. The molecular formula is C21H25F3N2O4. The number of rotatable bonds is 9. The average Bonchev–Trinajstić information content (AvgIpc) is 2.67. The quantitative estimate of drug-likeness (QED) is 0.665. The number of halogens is 3. The lowest BCUT2D eigenvalue weighted by Crippen LogP contribution is -2.32. The summed E-state index contributed by atoms with van der Waals surface area (Å²) in [5, 5.41) is 2.59. The monoisotopic (exact) mass is 426 g/mol. The Hall–Kier alpha value is -2.97. The van der Waals surface area contributed by atoms with Crippen LogP contribution < -0.4 is 20.3 Å². The van der Waals surface area contributed by atoms with Crippen molar-refractivity contribution < 1.29 is 27.4 Å². The van der Waals surface area contributed by atoms with Gasteiger partial charge in [0.25, 0.3) is 5.56 Å². The number of nitrogens with one attached hydrogen (secondary N) is 1. The van der Waals surface area contributed by atoms with Gasteiger partial charge in [-0.3, -0.25) is 9.59 Å². The number of pyridine rings is 1. The van der Waals surface area contributed by atoms with Crippen LogP contribution in [0, 0.1) is 5.92 Å². The lowest BCUT2D eigenvalue weighted by atomic mass is 10.1. The average molecular weight is 426 g/mol. The zero-order chi connectivity index (χ0) is 22.3. The Morgan fingerprint density at radius 1 is 1.17 bits per heavy atom. The van der Waals surface area contributed by atoms with Crippen LogP contribution in [-0.4, -0.2) is 24.2 Å². The molecule has 0 unspecified atom stereocenters. The van der Waals surface area contributed by atoms with Crippen molar-refractivity contribution in [1.82, 2.24) is 9.88 Å². The number of amides is 1. The Morgan fingerprint density at radius 3 is 2.53 bits per heavy atom. The fraction of sp³-hybridized carbons (Fsp3) is 0.429. The summed E-state index contributed by atoms with van der Waals surface area (Å²) in [5.74, 6) is 1.02. The van der Waals surface area contributed by atoms with E-state index in [1.165, 1.54) is 7.11 Å². The number of benzene rings is 1. The summed E-state index contributed by atoms with van der Waals surface area (Å²) in [7, 11) is 1.51. The second-order valence-electron chi connectivity index (χ2n) is 7.17. The molecule has 2 rings (SSSR count). The van der Waals surface area contributed by atoms with Crippen molar-refractivity contribution in [3.8, 4) is 11.5 Å². The highest BCUT2D eigenvalue weighted by Gasteiger charge is 2.31. The molecule has 0 aliphatic rings. The van der Waals surface area contributed by atoms with E-state index in [9.17, 15) is 22.8 Å². The van der Waals surface area contributed by atoms with E-state index in [0.717, 1.165) is 17.1 Å². The van der Waals surface area contributed by atoms with Crippen LogP contribution in [0.25, 0.3) is 0 Å². The normalized spacial score (nSPS) is 11.4. The van der Waals surface area contributed by atoms with E-state index < -0.39 is 29.8 Å². The lowest BCUT2D eigenvalue weighted by molar-refractivity contribution is -0.138. The van der Waals surface area contributed by atoms with Gasteiger partial charge in [0, 0.05) is 18.8 Å². The Bertz CT molecular complexity index is 923. The largest absolute Gasteiger partial charge is 0.493 e. The summed E-state index contributed by atoms with van der Waals surface area (Å²) in [6.07, 6.45) is -3.06. The molecule has 9 heteroatoms. The Balaban J connectivity index is 1.98. The van der Waals surface area contributed by atoms with Gasteiger partial charge in [0.2, 0.25) is 5.91 Å². The Kier molecular flexibility index (Phi) is 7.91. The third kappa shape index (κ3) is 6.82. The number of aromatic nitrogens is 1. The van der Waals surface area contributed by atoms with E-state index in [1.807, 2.05) is 0 Å². The van der Waals surface area contributed by atoms with Gasteiger partial charge in [-0.2, -0.15) is 13.2 Å². The first-order chi connectivity index (χ1) is 14.1. The second kappa shape index (κ2) is 10.2. The van der Waals surface area contributed by atoms with Gasteiger partial charge in [0.05, 0.1) is 19.3 Å². The van der Waals surface area contributed by atoms with Crippen molar-refractivity contribution in [2.45, 2.75) is 39.5 Å². The van der Waals surface area contributed by atoms with Gasteiger partial charge in [-0.25, -0.2) is 0 Å². The van der Waals surface area contributed by atoms with Crippen LogP contribution in [0.1, 0.15) is 31.4 Å². The molecule has 164 valence electrons. The molecule has 0 bridgehead atoms. The van der Waals surface area contributed by atoms with Crippen molar-refractivity contribution in [2.24, 2.45) is 5.92 Å². The summed E-state index contributed by atoms with van der Waals surface area (Å²) in [5.41, 5.74) is -0.969.